The maximum Gasteiger partial charge on any atom is 0.320 e. The van der Waals surface area contributed by atoms with E-state index in [2.05, 4.69) is 18.6 Å². The van der Waals surface area contributed by atoms with Gasteiger partial charge in [-0.25, -0.2) is 23.2 Å². The zero-order chi connectivity index (χ0) is 38.1. The first-order valence-corrected chi connectivity index (χ1v) is 21.2. The standard InChI is InChI=1S/C40H51N5O6S2/c1-24(2)35-42-30(22-52-35)29-18-33(28-14-13-25(3)26(4)34(28)41-29)51-38(5)20-31-32(46)21-40(36(47)43-53(49,50)39(6)15-16-39)19-27(40)12-10-8-9-11-17-44(7)37(48)45(31)23-38/h10,12-14,18,22,24,27,31H,8-9,11,15-17,19-21,23H2,1-7H3,(H,43,47)/b12-10-/t27-,31+,38-,40-/m1/s1. The number of allylic oxidation sites excluding steroid dienone is 2. The number of nitrogens with zero attached hydrogens (tertiary/aromatic N) is 4. The summed E-state index contributed by atoms with van der Waals surface area (Å²) in [6, 6.07) is 4.82. The summed E-state index contributed by atoms with van der Waals surface area (Å²) < 4.78 is 34.7. The lowest BCUT2D eigenvalue weighted by Gasteiger charge is -2.30. The molecule has 0 unspecified atom stereocenters. The van der Waals surface area contributed by atoms with E-state index in [1.165, 1.54) is 0 Å². The van der Waals surface area contributed by atoms with E-state index in [4.69, 9.17) is 14.7 Å². The van der Waals surface area contributed by atoms with E-state index in [0.29, 0.717) is 37.3 Å². The Kier molecular flexibility index (Phi) is 9.53. The number of nitrogens with one attached hydrogen (secondary N) is 1. The number of ether oxygens (including phenoxy) is 1. The third-order valence-electron chi connectivity index (χ3n) is 11.9. The second-order valence-corrected chi connectivity index (χ2v) is 19.7. The van der Waals surface area contributed by atoms with Crippen LogP contribution in [0.15, 0.2) is 35.7 Å². The van der Waals surface area contributed by atoms with Gasteiger partial charge in [0.25, 0.3) is 0 Å². The Balaban J connectivity index is 1.23. The molecule has 2 saturated carbocycles. The number of hydrogen-bond acceptors (Lipinski definition) is 9. The average molecular weight is 762 g/mol. The Morgan fingerprint density at radius 3 is 2.53 bits per heavy atom. The zero-order valence-electron chi connectivity index (χ0n) is 31.8. The van der Waals surface area contributed by atoms with Gasteiger partial charge in [0.15, 0.2) is 5.78 Å². The van der Waals surface area contributed by atoms with Crippen molar-refractivity contribution in [1.29, 1.82) is 0 Å². The van der Waals surface area contributed by atoms with Crippen LogP contribution in [0.3, 0.4) is 0 Å². The monoisotopic (exact) mass is 761 g/mol. The second-order valence-electron chi connectivity index (χ2n) is 16.7. The number of carbonyl (C=O) groups is 3. The van der Waals surface area contributed by atoms with Crippen molar-refractivity contribution in [2.24, 2.45) is 11.3 Å². The van der Waals surface area contributed by atoms with Crippen molar-refractivity contribution in [3.8, 4) is 17.1 Å². The molecular formula is C40H51N5O6S2. The van der Waals surface area contributed by atoms with Crippen LogP contribution in [0.25, 0.3) is 22.3 Å². The molecule has 13 heteroatoms. The quantitative estimate of drug-likeness (QED) is 0.253. The molecule has 7 rings (SSSR count). The Morgan fingerprint density at radius 2 is 1.83 bits per heavy atom. The molecule has 0 radical (unpaired) electrons. The predicted octanol–water partition coefficient (Wildman–Crippen LogP) is 7.07. The van der Waals surface area contributed by atoms with Gasteiger partial charge in [-0.05, 0) is 89.3 Å². The van der Waals surface area contributed by atoms with Crippen LogP contribution in [0, 0.1) is 25.2 Å². The molecule has 1 saturated heterocycles. The van der Waals surface area contributed by atoms with Gasteiger partial charge < -0.3 is 14.5 Å². The first-order chi connectivity index (χ1) is 25.0. The first-order valence-electron chi connectivity index (χ1n) is 18.8. The summed E-state index contributed by atoms with van der Waals surface area (Å²) in [5.41, 5.74) is 2.23. The molecule has 11 nitrogen and oxygen atoms in total. The summed E-state index contributed by atoms with van der Waals surface area (Å²) in [7, 11) is -2.14. The molecule has 4 aliphatic rings. The van der Waals surface area contributed by atoms with Crippen LogP contribution in [0.4, 0.5) is 4.79 Å². The van der Waals surface area contributed by atoms with Gasteiger partial charge in [0.1, 0.15) is 11.4 Å². The number of sulfonamides is 1. The molecular weight excluding hydrogens is 711 g/mol. The molecule has 3 fully saturated rings. The Morgan fingerprint density at radius 1 is 1.08 bits per heavy atom. The van der Waals surface area contributed by atoms with Crippen molar-refractivity contribution in [2.45, 2.75) is 115 Å². The molecule has 2 aliphatic carbocycles. The molecule has 2 aromatic heterocycles. The van der Waals surface area contributed by atoms with Gasteiger partial charge >= 0.3 is 6.03 Å². The van der Waals surface area contributed by atoms with Crippen LogP contribution in [0.5, 0.6) is 5.75 Å². The van der Waals surface area contributed by atoms with E-state index in [1.54, 1.807) is 35.1 Å². The van der Waals surface area contributed by atoms with Gasteiger partial charge in [-0.2, -0.15) is 0 Å². The number of carbonyl (C=O) groups excluding carboxylic acids is 3. The van der Waals surface area contributed by atoms with Crippen molar-refractivity contribution in [2.75, 3.05) is 20.1 Å². The number of Topliss-reactive ketones (excluding diaryl/α,β-unsaturated/α-hetero) is 1. The second kappa shape index (κ2) is 13.5. The number of aromatic nitrogens is 2. The zero-order valence-corrected chi connectivity index (χ0v) is 33.5. The lowest BCUT2D eigenvalue weighted by molar-refractivity contribution is -0.131. The number of hydrogen-bond donors (Lipinski definition) is 1. The van der Waals surface area contributed by atoms with Crippen LogP contribution < -0.4 is 9.46 Å². The van der Waals surface area contributed by atoms with Crippen molar-refractivity contribution in [3.05, 3.63) is 51.9 Å². The fraction of sp³-hybridized carbons (Fsp3) is 0.575. The molecule has 53 heavy (non-hydrogen) atoms. The van der Waals surface area contributed by atoms with Gasteiger partial charge in [-0.3, -0.25) is 14.3 Å². The SMILES string of the molecule is Cc1ccc2c(O[C@]3(C)C[C@H]4C(=O)C[C@]5(C(=O)NS(=O)(=O)C6(C)CC6)C[C@H]5/C=C\CCCCN(C)C(=O)N4C3)cc(-c3csc(C(C)C)n3)nc2c1C. The van der Waals surface area contributed by atoms with Crippen LogP contribution in [0.2, 0.25) is 0 Å². The van der Waals surface area contributed by atoms with E-state index in [1.807, 2.05) is 56.5 Å². The highest BCUT2D eigenvalue weighted by Gasteiger charge is 2.63. The van der Waals surface area contributed by atoms with Crippen molar-refractivity contribution < 1.29 is 27.5 Å². The molecule has 4 atom stereocenters. The fourth-order valence-electron chi connectivity index (χ4n) is 7.80. The highest BCUT2D eigenvalue weighted by atomic mass is 32.2. The van der Waals surface area contributed by atoms with Crippen molar-refractivity contribution in [3.63, 3.8) is 0 Å². The van der Waals surface area contributed by atoms with Crippen LogP contribution in [-0.2, 0) is 19.6 Å². The summed E-state index contributed by atoms with van der Waals surface area (Å²) in [5.74, 6) is -0.289. The summed E-state index contributed by atoms with van der Waals surface area (Å²) in [6.45, 7) is 12.6. The lowest BCUT2D eigenvalue weighted by Crippen LogP contribution is -2.49. The number of urea groups is 1. The molecule has 2 aliphatic heterocycles. The van der Waals surface area contributed by atoms with Gasteiger partial charge in [-0.1, -0.05) is 32.1 Å². The Hall–Kier alpha value is -3.84. The molecule has 1 N–H and O–H groups in total. The highest BCUT2D eigenvalue weighted by molar-refractivity contribution is 7.91. The number of aryl methyl sites for hydroxylation is 2. The minimum atomic E-state index is -3.90. The maximum atomic E-state index is 14.5. The molecule has 3 aromatic rings. The molecule has 284 valence electrons. The maximum absolute atomic E-state index is 14.5. The van der Waals surface area contributed by atoms with Crippen LogP contribution in [-0.4, -0.2) is 82.4 Å². The number of pyridine rings is 1. The molecule has 1 aromatic carbocycles. The molecule has 0 spiro atoms. The summed E-state index contributed by atoms with van der Waals surface area (Å²) in [6.07, 6.45) is 7.78. The topological polar surface area (TPSA) is 139 Å². The smallest absolute Gasteiger partial charge is 0.320 e. The van der Waals surface area contributed by atoms with Gasteiger partial charge in [-0.15, -0.1) is 11.3 Å². The number of thiazole rings is 1. The fourth-order valence-corrected chi connectivity index (χ4v) is 9.97. The largest absolute Gasteiger partial charge is 0.485 e. The summed E-state index contributed by atoms with van der Waals surface area (Å²) >= 11 is 1.60. The number of fused-ring (bicyclic) bond motifs is 3. The number of rotatable bonds is 7. The van der Waals surface area contributed by atoms with Gasteiger partial charge in [0, 0.05) is 49.2 Å². The average Bonchev–Trinajstić information content (AvgIpc) is 3.90. The van der Waals surface area contributed by atoms with Crippen molar-refractivity contribution >= 4 is 50.0 Å². The van der Waals surface area contributed by atoms with E-state index >= 15 is 0 Å². The van der Waals surface area contributed by atoms with E-state index < -0.39 is 37.7 Å². The van der Waals surface area contributed by atoms with Crippen LogP contribution in [0.1, 0.15) is 101 Å². The highest BCUT2D eigenvalue weighted by Crippen LogP contribution is 2.58. The summed E-state index contributed by atoms with van der Waals surface area (Å²) in [4.78, 5) is 55.7. The number of ketones is 1. The molecule has 0 bridgehead atoms. The molecule has 3 amide bonds. The minimum Gasteiger partial charge on any atom is -0.485 e. The predicted molar refractivity (Wildman–Crippen MR) is 206 cm³/mol. The van der Waals surface area contributed by atoms with Crippen molar-refractivity contribution in [1.82, 2.24) is 24.5 Å². The first kappa shape index (κ1) is 37.5. The molecule has 4 heterocycles. The Bertz CT molecular complexity index is 2120. The number of benzene rings is 1. The van der Waals surface area contributed by atoms with E-state index in [9.17, 15) is 22.8 Å². The Labute approximate surface area is 316 Å². The normalized spacial score (nSPS) is 28.0. The third kappa shape index (κ3) is 6.99. The number of amides is 3. The van der Waals surface area contributed by atoms with E-state index in [0.717, 1.165) is 52.0 Å². The lowest BCUT2D eigenvalue weighted by atomic mass is 9.90. The third-order valence-corrected chi connectivity index (χ3v) is 15.2. The minimum absolute atomic E-state index is 0.153. The van der Waals surface area contributed by atoms with Crippen LogP contribution >= 0.6 is 11.3 Å². The summed E-state index contributed by atoms with van der Waals surface area (Å²) in [5, 5.41) is 3.86. The van der Waals surface area contributed by atoms with E-state index in [-0.39, 0.29) is 43.0 Å². The van der Waals surface area contributed by atoms with Gasteiger partial charge in [0.2, 0.25) is 15.9 Å². The van der Waals surface area contributed by atoms with Gasteiger partial charge in [0.05, 0.1) is 44.7 Å².